The first-order chi connectivity index (χ1) is 14.8. The second-order valence-electron chi connectivity index (χ2n) is 7.98. The lowest BCUT2D eigenvalue weighted by Gasteiger charge is -2.22. The average molecular weight is 415 g/mol. The third kappa shape index (κ3) is 2.93. The van der Waals surface area contributed by atoms with Crippen LogP contribution in [0.5, 0.6) is 0 Å². The van der Waals surface area contributed by atoms with Gasteiger partial charge in [-0.2, -0.15) is 5.10 Å². The first-order valence-electron chi connectivity index (χ1n) is 10.4. The molecule has 0 amide bonds. The molecule has 1 fully saturated rings. The maximum atomic E-state index is 4.67. The van der Waals surface area contributed by atoms with Crippen LogP contribution >= 0.6 is 11.3 Å². The molecule has 0 aliphatic carbocycles. The summed E-state index contributed by atoms with van der Waals surface area (Å²) < 4.78 is 0. The quantitative estimate of drug-likeness (QED) is 0.388. The van der Waals surface area contributed by atoms with E-state index in [0.717, 1.165) is 64.9 Å². The Labute approximate surface area is 177 Å². The van der Waals surface area contributed by atoms with Gasteiger partial charge in [-0.15, -0.1) is 11.3 Å². The molecule has 6 rings (SSSR count). The average Bonchev–Trinajstić information content (AvgIpc) is 3.51. The molecule has 0 atom stereocenters. The molecule has 6 heterocycles. The van der Waals surface area contributed by atoms with Gasteiger partial charge in [0.1, 0.15) is 0 Å². The van der Waals surface area contributed by atoms with Gasteiger partial charge in [0.2, 0.25) is 0 Å². The zero-order chi connectivity index (χ0) is 20.1. The monoisotopic (exact) mass is 414 g/mol. The van der Waals surface area contributed by atoms with E-state index in [9.17, 15) is 0 Å². The van der Waals surface area contributed by atoms with E-state index in [-0.39, 0.29) is 0 Å². The Morgan fingerprint density at radius 3 is 2.77 bits per heavy atom. The molecular weight excluding hydrogens is 392 g/mol. The molecular formula is C23H22N6S. The van der Waals surface area contributed by atoms with Crippen molar-refractivity contribution < 1.29 is 0 Å². The first-order valence-corrected chi connectivity index (χ1v) is 11.2. The zero-order valence-corrected chi connectivity index (χ0v) is 17.5. The fourth-order valence-corrected chi connectivity index (χ4v) is 5.32. The summed E-state index contributed by atoms with van der Waals surface area (Å²) >= 11 is 1.77. The van der Waals surface area contributed by atoms with Crippen molar-refractivity contribution in [3.8, 4) is 22.0 Å². The minimum absolute atomic E-state index is 0.562. The van der Waals surface area contributed by atoms with Crippen LogP contribution in [0.3, 0.4) is 0 Å². The molecule has 6 nitrogen and oxygen atoms in total. The molecule has 0 spiro atoms. The number of aromatic nitrogens is 5. The van der Waals surface area contributed by atoms with Gasteiger partial charge in [-0.3, -0.25) is 10.1 Å². The predicted octanol–water partition coefficient (Wildman–Crippen LogP) is 5.01. The Morgan fingerprint density at radius 1 is 1.03 bits per heavy atom. The van der Waals surface area contributed by atoms with Gasteiger partial charge < -0.3 is 10.3 Å². The highest BCUT2D eigenvalue weighted by Crippen LogP contribution is 2.36. The molecule has 3 N–H and O–H groups in total. The number of thiophene rings is 1. The summed E-state index contributed by atoms with van der Waals surface area (Å²) in [5, 5.41) is 13.3. The number of fused-ring (bicyclic) bond motifs is 2. The number of nitrogens with zero attached hydrogens (tertiary/aromatic N) is 3. The van der Waals surface area contributed by atoms with Gasteiger partial charge in [0.05, 0.1) is 22.0 Å². The number of rotatable bonds is 3. The molecule has 1 aliphatic rings. The summed E-state index contributed by atoms with van der Waals surface area (Å²) in [6.07, 6.45) is 6.17. The van der Waals surface area contributed by atoms with Gasteiger partial charge in [-0.05, 0) is 74.7 Å². The van der Waals surface area contributed by atoms with E-state index in [0.29, 0.717) is 5.92 Å². The summed E-state index contributed by atoms with van der Waals surface area (Å²) in [5.41, 5.74) is 6.15. The van der Waals surface area contributed by atoms with Gasteiger partial charge in [0, 0.05) is 33.6 Å². The number of pyridine rings is 2. The molecule has 30 heavy (non-hydrogen) atoms. The Balaban J connectivity index is 1.47. The van der Waals surface area contributed by atoms with E-state index in [1.54, 1.807) is 11.3 Å². The molecule has 0 saturated carbocycles. The lowest BCUT2D eigenvalue weighted by Crippen LogP contribution is -2.26. The Morgan fingerprint density at radius 2 is 1.93 bits per heavy atom. The standard InChI is InChI=1S/C23H22N6S/c1-13-2-3-20(30-13)22-16-11-19(27-18(16)6-9-25-22)21-17-10-15(12-26-23(17)29-28-21)14-4-7-24-8-5-14/h2-3,6,9-12,14,24,27H,4-5,7-8H2,1H3,(H,26,28,29). The fourth-order valence-electron chi connectivity index (χ4n) is 4.45. The van der Waals surface area contributed by atoms with Gasteiger partial charge in [0.15, 0.2) is 5.65 Å². The second-order valence-corrected chi connectivity index (χ2v) is 9.26. The molecule has 0 bridgehead atoms. The van der Waals surface area contributed by atoms with Crippen molar-refractivity contribution in [2.45, 2.75) is 25.7 Å². The summed E-state index contributed by atoms with van der Waals surface area (Å²) in [6, 6.07) is 10.8. The van der Waals surface area contributed by atoms with Crippen molar-refractivity contribution >= 4 is 33.3 Å². The highest BCUT2D eigenvalue weighted by Gasteiger charge is 2.19. The fraction of sp³-hybridized carbons (Fsp3) is 0.261. The second kappa shape index (κ2) is 7.04. The number of piperidine rings is 1. The Hall–Kier alpha value is -3.03. The van der Waals surface area contributed by atoms with Gasteiger partial charge in [-0.1, -0.05) is 0 Å². The van der Waals surface area contributed by atoms with Crippen molar-refractivity contribution in [3.05, 3.63) is 53.2 Å². The molecule has 1 aliphatic heterocycles. The largest absolute Gasteiger partial charge is 0.353 e. The lowest BCUT2D eigenvalue weighted by atomic mass is 9.91. The lowest BCUT2D eigenvalue weighted by molar-refractivity contribution is 0.460. The van der Waals surface area contributed by atoms with Crippen LogP contribution in [-0.2, 0) is 0 Å². The number of aromatic amines is 2. The third-order valence-corrected chi connectivity index (χ3v) is 7.04. The molecule has 0 radical (unpaired) electrons. The maximum Gasteiger partial charge on any atom is 0.181 e. The Bertz CT molecular complexity index is 1350. The summed E-state index contributed by atoms with van der Waals surface area (Å²) in [4.78, 5) is 15.3. The number of hydrogen-bond acceptors (Lipinski definition) is 5. The van der Waals surface area contributed by atoms with Crippen molar-refractivity contribution in [1.82, 2.24) is 30.5 Å². The summed E-state index contributed by atoms with van der Waals surface area (Å²) in [7, 11) is 0. The van der Waals surface area contributed by atoms with E-state index in [4.69, 9.17) is 0 Å². The van der Waals surface area contributed by atoms with Crippen LogP contribution in [0.4, 0.5) is 0 Å². The predicted molar refractivity (Wildman–Crippen MR) is 122 cm³/mol. The van der Waals surface area contributed by atoms with E-state index in [1.165, 1.54) is 15.3 Å². The molecule has 0 unspecified atom stereocenters. The Kier molecular flexibility index (Phi) is 4.17. The molecule has 5 aromatic heterocycles. The van der Waals surface area contributed by atoms with E-state index < -0.39 is 0 Å². The minimum atomic E-state index is 0.562. The molecule has 7 heteroatoms. The number of hydrogen-bond donors (Lipinski definition) is 3. The van der Waals surface area contributed by atoms with Crippen molar-refractivity contribution in [2.24, 2.45) is 0 Å². The van der Waals surface area contributed by atoms with Crippen molar-refractivity contribution in [2.75, 3.05) is 13.1 Å². The van der Waals surface area contributed by atoms with E-state index in [1.807, 2.05) is 18.5 Å². The number of aryl methyl sites for hydroxylation is 1. The molecule has 0 aromatic carbocycles. The summed E-state index contributed by atoms with van der Waals surface area (Å²) in [6.45, 7) is 4.27. The SMILES string of the molecule is Cc1ccc(-c2nccc3[nH]c(-c4[nH]nc5ncc(C6CCNCC6)cc45)cc23)s1. The van der Waals surface area contributed by atoms with Crippen LogP contribution in [0.25, 0.3) is 43.9 Å². The number of nitrogens with one attached hydrogen (secondary N) is 3. The first kappa shape index (κ1) is 17.8. The van der Waals surface area contributed by atoms with E-state index in [2.05, 4.69) is 61.7 Å². The number of H-pyrrole nitrogens is 2. The van der Waals surface area contributed by atoms with Crippen LogP contribution in [0.15, 0.2) is 42.7 Å². The van der Waals surface area contributed by atoms with Gasteiger partial charge in [-0.25, -0.2) is 4.98 Å². The van der Waals surface area contributed by atoms with Crippen LogP contribution in [0, 0.1) is 6.92 Å². The molecule has 150 valence electrons. The topological polar surface area (TPSA) is 82.3 Å². The van der Waals surface area contributed by atoms with Crippen LogP contribution < -0.4 is 5.32 Å². The van der Waals surface area contributed by atoms with Crippen LogP contribution in [0.2, 0.25) is 0 Å². The van der Waals surface area contributed by atoms with Crippen molar-refractivity contribution in [3.63, 3.8) is 0 Å². The maximum absolute atomic E-state index is 4.67. The highest BCUT2D eigenvalue weighted by atomic mass is 32.1. The van der Waals surface area contributed by atoms with E-state index >= 15 is 0 Å². The van der Waals surface area contributed by atoms with Gasteiger partial charge in [0.25, 0.3) is 0 Å². The van der Waals surface area contributed by atoms with Gasteiger partial charge >= 0.3 is 0 Å². The molecule has 5 aromatic rings. The zero-order valence-electron chi connectivity index (χ0n) is 16.7. The van der Waals surface area contributed by atoms with Crippen LogP contribution in [0.1, 0.15) is 29.2 Å². The highest BCUT2D eigenvalue weighted by molar-refractivity contribution is 7.15. The summed E-state index contributed by atoms with van der Waals surface area (Å²) in [5.74, 6) is 0.562. The van der Waals surface area contributed by atoms with Crippen molar-refractivity contribution in [1.29, 1.82) is 0 Å². The smallest absolute Gasteiger partial charge is 0.181 e. The third-order valence-electron chi connectivity index (χ3n) is 6.03. The van der Waals surface area contributed by atoms with Crippen LogP contribution in [-0.4, -0.2) is 38.2 Å². The minimum Gasteiger partial charge on any atom is -0.353 e. The molecule has 1 saturated heterocycles. The normalized spacial score (nSPS) is 15.4.